The van der Waals surface area contributed by atoms with Crippen LogP contribution in [0.2, 0.25) is 0 Å². The number of carbonyl (C=O) groups excluding carboxylic acids is 2. The Bertz CT molecular complexity index is 463. The molecule has 1 aromatic carbocycles. The van der Waals surface area contributed by atoms with E-state index in [4.69, 9.17) is 0 Å². The van der Waals surface area contributed by atoms with Gasteiger partial charge in [-0.25, -0.2) is 4.79 Å². The molecular formula is C12H13F3N2O3. The SMILES string of the molecule is CNC(OC(=O)C(F)(F)F)C(=O)NCc1ccccc1. The number of hydrogen-bond donors (Lipinski definition) is 2. The lowest BCUT2D eigenvalue weighted by molar-refractivity contribution is -0.206. The Labute approximate surface area is 113 Å². The third kappa shape index (κ3) is 4.88. The Morgan fingerprint density at radius 1 is 1.25 bits per heavy atom. The van der Waals surface area contributed by atoms with Crippen molar-refractivity contribution in [1.29, 1.82) is 0 Å². The lowest BCUT2D eigenvalue weighted by Gasteiger charge is -2.17. The highest BCUT2D eigenvalue weighted by Gasteiger charge is 2.43. The van der Waals surface area contributed by atoms with Crippen molar-refractivity contribution in [1.82, 2.24) is 10.6 Å². The van der Waals surface area contributed by atoms with Crippen LogP contribution in [0.3, 0.4) is 0 Å². The molecule has 0 spiro atoms. The summed E-state index contributed by atoms with van der Waals surface area (Å²) in [4.78, 5) is 22.2. The summed E-state index contributed by atoms with van der Waals surface area (Å²) >= 11 is 0. The Kier molecular flexibility index (Phi) is 5.51. The fourth-order valence-corrected chi connectivity index (χ4v) is 1.30. The summed E-state index contributed by atoms with van der Waals surface area (Å²) in [5.41, 5.74) is 0.762. The molecule has 0 aliphatic heterocycles. The Morgan fingerprint density at radius 3 is 2.35 bits per heavy atom. The zero-order chi connectivity index (χ0) is 15.2. The van der Waals surface area contributed by atoms with E-state index in [-0.39, 0.29) is 6.54 Å². The van der Waals surface area contributed by atoms with E-state index < -0.39 is 24.3 Å². The van der Waals surface area contributed by atoms with Gasteiger partial charge in [-0.1, -0.05) is 30.3 Å². The van der Waals surface area contributed by atoms with Crippen molar-refractivity contribution >= 4 is 11.9 Å². The second kappa shape index (κ2) is 6.90. The quantitative estimate of drug-likeness (QED) is 0.626. The lowest BCUT2D eigenvalue weighted by atomic mass is 10.2. The zero-order valence-electron chi connectivity index (χ0n) is 10.5. The smallest absolute Gasteiger partial charge is 0.430 e. The van der Waals surface area contributed by atoms with Crippen LogP contribution in [0.4, 0.5) is 13.2 Å². The van der Waals surface area contributed by atoms with E-state index in [9.17, 15) is 22.8 Å². The number of ether oxygens (including phenoxy) is 1. The molecule has 1 unspecified atom stereocenters. The third-order valence-corrected chi connectivity index (χ3v) is 2.27. The van der Waals surface area contributed by atoms with Gasteiger partial charge in [-0.05, 0) is 12.6 Å². The number of carbonyl (C=O) groups is 2. The summed E-state index contributed by atoms with van der Waals surface area (Å²) in [5.74, 6) is -3.29. The molecule has 1 aromatic rings. The standard InChI is InChI=1S/C12H13F3N2O3/c1-16-10(20-11(19)12(13,14)15)9(18)17-7-8-5-3-2-4-6-8/h2-6,10,16H,7H2,1H3,(H,17,18). The van der Waals surface area contributed by atoms with Gasteiger partial charge in [-0.2, -0.15) is 13.2 Å². The Hall–Kier alpha value is -2.09. The van der Waals surface area contributed by atoms with Crippen molar-refractivity contribution in [3.05, 3.63) is 35.9 Å². The molecule has 5 nitrogen and oxygen atoms in total. The molecular weight excluding hydrogens is 277 g/mol. The van der Waals surface area contributed by atoms with Crippen LogP contribution in [-0.4, -0.2) is 31.3 Å². The third-order valence-electron chi connectivity index (χ3n) is 2.27. The maximum absolute atomic E-state index is 12.0. The van der Waals surface area contributed by atoms with Crippen LogP contribution >= 0.6 is 0 Å². The van der Waals surface area contributed by atoms with E-state index in [1.807, 2.05) is 0 Å². The second-order valence-electron chi connectivity index (χ2n) is 3.78. The van der Waals surface area contributed by atoms with Crippen molar-refractivity contribution in [2.75, 3.05) is 7.05 Å². The van der Waals surface area contributed by atoms with Crippen LogP contribution in [0.25, 0.3) is 0 Å². The van der Waals surface area contributed by atoms with E-state index >= 15 is 0 Å². The van der Waals surface area contributed by atoms with Crippen LogP contribution in [0.1, 0.15) is 5.56 Å². The first-order chi connectivity index (χ1) is 9.34. The fourth-order valence-electron chi connectivity index (χ4n) is 1.30. The molecule has 0 saturated carbocycles. The molecule has 1 rings (SSSR count). The molecule has 2 N–H and O–H groups in total. The minimum atomic E-state index is -5.14. The van der Waals surface area contributed by atoms with Gasteiger partial charge in [0, 0.05) is 6.54 Å². The van der Waals surface area contributed by atoms with E-state index in [0.717, 1.165) is 5.56 Å². The molecule has 0 heterocycles. The van der Waals surface area contributed by atoms with Crippen LogP contribution in [-0.2, 0) is 20.9 Å². The van der Waals surface area contributed by atoms with Gasteiger partial charge in [-0.3, -0.25) is 10.1 Å². The highest BCUT2D eigenvalue weighted by Crippen LogP contribution is 2.17. The first-order valence-corrected chi connectivity index (χ1v) is 5.61. The van der Waals surface area contributed by atoms with Gasteiger partial charge in [-0.15, -0.1) is 0 Å². The lowest BCUT2D eigenvalue weighted by Crippen LogP contribution is -2.47. The monoisotopic (exact) mass is 290 g/mol. The molecule has 0 saturated heterocycles. The number of esters is 1. The van der Waals surface area contributed by atoms with Gasteiger partial charge in [0.25, 0.3) is 5.91 Å². The molecule has 1 amide bonds. The second-order valence-corrected chi connectivity index (χ2v) is 3.78. The van der Waals surface area contributed by atoms with Crippen molar-refractivity contribution in [2.45, 2.75) is 18.9 Å². The molecule has 0 fully saturated rings. The predicted octanol–water partition coefficient (Wildman–Crippen LogP) is 0.954. The first-order valence-electron chi connectivity index (χ1n) is 5.61. The van der Waals surface area contributed by atoms with Gasteiger partial charge in [0.15, 0.2) is 0 Å². The normalized spacial score (nSPS) is 12.6. The summed E-state index contributed by atoms with van der Waals surface area (Å²) in [6, 6.07) is 8.75. The molecule has 20 heavy (non-hydrogen) atoms. The van der Waals surface area contributed by atoms with E-state index in [0.29, 0.717) is 0 Å². The molecule has 110 valence electrons. The van der Waals surface area contributed by atoms with Crippen LogP contribution in [0.5, 0.6) is 0 Å². The zero-order valence-corrected chi connectivity index (χ0v) is 10.5. The van der Waals surface area contributed by atoms with E-state index in [1.54, 1.807) is 30.3 Å². The minimum absolute atomic E-state index is 0.113. The predicted molar refractivity (Wildman–Crippen MR) is 63.3 cm³/mol. The molecule has 0 aliphatic carbocycles. The topological polar surface area (TPSA) is 67.4 Å². The molecule has 0 aromatic heterocycles. The van der Waals surface area contributed by atoms with Crippen molar-refractivity contribution in [3.8, 4) is 0 Å². The van der Waals surface area contributed by atoms with Gasteiger partial charge in [0.2, 0.25) is 6.23 Å². The average molecular weight is 290 g/mol. The molecule has 8 heteroatoms. The number of amides is 1. The highest BCUT2D eigenvalue weighted by molar-refractivity contribution is 5.84. The van der Waals surface area contributed by atoms with Crippen molar-refractivity contribution in [2.24, 2.45) is 0 Å². The fraction of sp³-hybridized carbons (Fsp3) is 0.333. The molecule has 0 radical (unpaired) electrons. The average Bonchev–Trinajstić information content (AvgIpc) is 2.41. The van der Waals surface area contributed by atoms with Gasteiger partial charge >= 0.3 is 12.1 Å². The molecule has 0 bridgehead atoms. The van der Waals surface area contributed by atoms with Gasteiger partial charge in [0.05, 0.1) is 0 Å². The van der Waals surface area contributed by atoms with E-state index in [1.165, 1.54) is 7.05 Å². The van der Waals surface area contributed by atoms with Gasteiger partial charge < -0.3 is 10.1 Å². The number of likely N-dealkylation sites (N-methyl/N-ethyl adjacent to an activating group) is 1. The molecule has 1 atom stereocenters. The number of alkyl halides is 3. The van der Waals surface area contributed by atoms with E-state index in [2.05, 4.69) is 15.4 Å². The largest absolute Gasteiger partial charge is 0.490 e. The first kappa shape index (κ1) is 16.0. The Balaban J connectivity index is 2.53. The Morgan fingerprint density at radius 2 is 1.85 bits per heavy atom. The highest BCUT2D eigenvalue weighted by atomic mass is 19.4. The number of nitrogens with one attached hydrogen (secondary N) is 2. The number of halogens is 3. The van der Waals surface area contributed by atoms with Crippen LogP contribution in [0, 0.1) is 0 Å². The van der Waals surface area contributed by atoms with Crippen LogP contribution < -0.4 is 10.6 Å². The van der Waals surface area contributed by atoms with Crippen LogP contribution in [0.15, 0.2) is 30.3 Å². The summed E-state index contributed by atoms with van der Waals surface area (Å²) in [6.07, 6.45) is -6.85. The number of benzene rings is 1. The number of hydrogen-bond acceptors (Lipinski definition) is 4. The van der Waals surface area contributed by atoms with Gasteiger partial charge in [0.1, 0.15) is 0 Å². The van der Waals surface area contributed by atoms with Crippen molar-refractivity contribution in [3.63, 3.8) is 0 Å². The summed E-state index contributed by atoms with van der Waals surface area (Å²) in [7, 11) is 1.20. The summed E-state index contributed by atoms with van der Waals surface area (Å²) < 4.78 is 40.1. The maximum atomic E-state index is 12.0. The minimum Gasteiger partial charge on any atom is -0.430 e. The number of rotatable bonds is 5. The summed E-state index contributed by atoms with van der Waals surface area (Å²) in [5, 5.41) is 4.55. The molecule has 0 aliphatic rings. The van der Waals surface area contributed by atoms with Crippen molar-refractivity contribution < 1.29 is 27.5 Å². The summed E-state index contributed by atoms with van der Waals surface area (Å²) in [6.45, 7) is 0.113. The maximum Gasteiger partial charge on any atom is 0.490 e.